The molecule has 0 radical (unpaired) electrons. The molecule has 0 heterocycles. The summed E-state index contributed by atoms with van der Waals surface area (Å²) in [5, 5.41) is 3.39. The molecule has 1 amide bonds. The van der Waals surface area contributed by atoms with E-state index in [1.807, 2.05) is 30.3 Å². The maximum atomic E-state index is 12.4. The Kier molecular flexibility index (Phi) is 5.43. The zero-order valence-electron chi connectivity index (χ0n) is 12.0. The van der Waals surface area contributed by atoms with Gasteiger partial charge >= 0.3 is 0 Å². The fourth-order valence-corrected chi connectivity index (χ4v) is 2.71. The Morgan fingerprint density at radius 3 is 2.67 bits per heavy atom. The van der Waals surface area contributed by atoms with E-state index in [1.54, 1.807) is 12.1 Å². The van der Waals surface area contributed by atoms with E-state index in [0.29, 0.717) is 21.0 Å². The van der Waals surface area contributed by atoms with Crippen LogP contribution < -0.4 is 5.32 Å². The molecule has 21 heavy (non-hydrogen) atoms. The number of anilines is 1. The van der Waals surface area contributed by atoms with Crippen LogP contribution in [0.15, 0.2) is 46.9 Å². The molecule has 0 spiro atoms. The standard InChI is InChI=1S/C17H17BrClNO/c1-3-11(2)12-7-4-5-10-15(12)20-17(21)13-8-6-9-14(18)16(13)19/h4-11H,3H2,1-2H3,(H,20,21). The third-order valence-electron chi connectivity index (χ3n) is 3.55. The Hall–Kier alpha value is -1.32. The SMILES string of the molecule is CCC(C)c1ccccc1NC(=O)c1cccc(Br)c1Cl. The van der Waals surface area contributed by atoms with Gasteiger partial charge in [0, 0.05) is 10.2 Å². The second-order valence-corrected chi connectivity index (χ2v) is 6.18. The van der Waals surface area contributed by atoms with Crippen LogP contribution in [0.3, 0.4) is 0 Å². The van der Waals surface area contributed by atoms with Crippen LogP contribution in [0.5, 0.6) is 0 Å². The molecule has 0 aliphatic heterocycles. The Morgan fingerprint density at radius 1 is 1.24 bits per heavy atom. The van der Waals surface area contributed by atoms with E-state index in [4.69, 9.17) is 11.6 Å². The number of para-hydroxylation sites is 1. The highest BCUT2D eigenvalue weighted by Crippen LogP contribution is 2.29. The first-order valence-electron chi connectivity index (χ1n) is 6.88. The quantitative estimate of drug-likeness (QED) is 0.720. The van der Waals surface area contributed by atoms with E-state index in [1.165, 1.54) is 0 Å². The van der Waals surface area contributed by atoms with Crippen molar-refractivity contribution >= 4 is 39.1 Å². The Bertz CT molecular complexity index is 657. The first-order valence-corrected chi connectivity index (χ1v) is 8.06. The van der Waals surface area contributed by atoms with E-state index in [2.05, 4.69) is 35.1 Å². The van der Waals surface area contributed by atoms with Gasteiger partial charge in [-0.3, -0.25) is 4.79 Å². The third-order valence-corrected chi connectivity index (χ3v) is 4.84. The summed E-state index contributed by atoms with van der Waals surface area (Å²) < 4.78 is 0.715. The molecular formula is C17H17BrClNO. The number of carbonyl (C=O) groups is 1. The molecule has 2 nitrogen and oxygen atoms in total. The molecule has 0 aliphatic rings. The minimum atomic E-state index is -0.197. The summed E-state index contributed by atoms with van der Waals surface area (Å²) in [5.41, 5.74) is 2.44. The summed E-state index contributed by atoms with van der Waals surface area (Å²) in [5.74, 6) is 0.191. The largest absolute Gasteiger partial charge is 0.322 e. The van der Waals surface area contributed by atoms with Gasteiger partial charge in [-0.1, -0.05) is 49.7 Å². The van der Waals surface area contributed by atoms with Gasteiger partial charge in [-0.15, -0.1) is 0 Å². The van der Waals surface area contributed by atoms with Crippen LogP contribution in [0.25, 0.3) is 0 Å². The van der Waals surface area contributed by atoms with E-state index >= 15 is 0 Å². The predicted octanol–water partition coefficient (Wildman–Crippen LogP) is 5.87. The molecule has 0 aromatic heterocycles. The van der Waals surface area contributed by atoms with Crippen molar-refractivity contribution in [2.75, 3.05) is 5.32 Å². The third kappa shape index (κ3) is 3.66. The van der Waals surface area contributed by atoms with Crippen LogP contribution in [0, 0.1) is 0 Å². The summed E-state index contributed by atoms with van der Waals surface area (Å²) in [7, 11) is 0. The van der Waals surface area contributed by atoms with Gasteiger partial charge in [-0.05, 0) is 52.0 Å². The molecule has 2 aromatic rings. The normalized spacial score (nSPS) is 12.0. The van der Waals surface area contributed by atoms with Crippen LogP contribution in [0.2, 0.25) is 5.02 Å². The highest BCUT2D eigenvalue weighted by Gasteiger charge is 2.15. The smallest absolute Gasteiger partial charge is 0.257 e. The first-order chi connectivity index (χ1) is 10.0. The number of benzene rings is 2. The van der Waals surface area contributed by atoms with Crippen LogP contribution >= 0.6 is 27.5 Å². The molecule has 2 rings (SSSR count). The summed E-state index contributed by atoms with van der Waals surface area (Å²) in [6, 6.07) is 13.2. The number of amides is 1. The van der Waals surface area contributed by atoms with Crippen molar-refractivity contribution in [3.63, 3.8) is 0 Å². The van der Waals surface area contributed by atoms with Crippen molar-refractivity contribution in [2.24, 2.45) is 0 Å². The minimum Gasteiger partial charge on any atom is -0.322 e. The molecule has 110 valence electrons. The fraction of sp³-hybridized carbons (Fsp3) is 0.235. The number of rotatable bonds is 4. The van der Waals surface area contributed by atoms with Gasteiger partial charge in [0.15, 0.2) is 0 Å². The van der Waals surface area contributed by atoms with Gasteiger partial charge in [0.1, 0.15) is 0 Å². The monoisotopic (exact) mass is 365 g/mol. The summed E-state index contributed by atoms with van der Waals surface area (Å²) >= 11 is 9.51. The van der Waals surface area contributed by atoms with Crippen molar-refractivity contribution in [3.05, 3.63) is 63.1 Å². The molecular weight excluding hydrogens is 350 g/mol. The van der Waals surface area contributed by atoms with Gasteiger partial charge in [-0.2, -0.15) is 0 Å². The molecule has 2 aromatic carbocycles. The number of carbonyl (C=O) groups excluding carboxylic acids is 1. The van der Waals surface area contributed by atoms with Gasteiger partial charge < -0.3 is 5.32 Å². The molecule has 1 atom stereocenters. The van der Waals surface area contributed by atoms with Gasteiger partial charge in [-0.25, -0.2) is 0 Å². The predicted molar refractivity (Wildman–Crippen MR) is 92.3 cm³/mol. The molecule has 0 bridgehead atoms. The Labute approximate surface area is 138 Å². The van der Waals surface area contributed by atoms with Gasteiger partial charge in [0.05, 0.1) is 10.6 Å². The van der Waals surface area contributed by atoms with Crippen molar-refractivity contribution in [1.29, 1.82) is 0 Å². The Balaban J connectivity index is 2.30. The molecule has 1 unspecified atom stereocenters. The second-order valence-electron chi connectivity index (χ2n) is 4.95. The lowest BCUT2D eigenvalue weighted by atomic mass is 9.97. The number of nitrogens with one attached hydrogen (secondary N) is 1. The second kappa shape index (κ2) is 7.10. The highest BCUT2D eigenvalue weighted by molar-refractivity contribution is 9.10. The van der Waals surface area contributed by atoms with E-state index < -0.39 is 0 Å². The van der Waals surface area contributed by atoms with Crippen LogP contribution in [0.1, 0.15) is 42.1 Å². The average Bonchev–Trinajstić information content (AvgIpc) is 2.49. The van der Waals surface area contributed by atoms with Crippen molar-refractivity contribution in [3.8, 4) is 0 Å². The van der Waals surface area contributed by atoms with Crippen LogP contribution in [0.4, 0.5) is 5.69 Å². The van der Waals surface area contributed by atoms with Crippen LogP contribution in [-0.4, -0.2) is 5.91 Å². The van der Waals surface area contributed by atoms with Crippen molar-refractivity contribution < 1.29 is 4.79 Å². The van der Waals surface area contributed by atoms with Crippen LogP contribution in [-0.2, 0) is 0 Å². The van der Waals surface area contributed by atoms with E-state index in [-0.39, 0.29) is 5.91 Å². The first kappa shape index (κ1) is 16.1. The number of halogens is 2. The molecule has 1 N–H and O–H groups in total. The highest BCUT2D eigenvalue weighted by atomic mass is 79.9. The zero-order valence-corrected chi connectivity index (χ0v) is 14.3. The lowest BCUT2D eigenvalue weighted by molar-refractivity contribution is 0.102. The lowest BCUT2D eigenvalue weighted by Crippen LogP contribution is -2.14. The number of hydrogen-bond donors (Lipinski definition) is 1. The maximum absolute atomic E-state index is 12.4. The van der Waals surface area contributed by atoms with Crippen molar-refractivity contribution in [2.45, 2.75) is 26.2 Å². The summed E-state index contributed by atoms with van der Waals surface area (Å²) in [6.07, 6.45) is 1.02. The Morgan fingerprint density at radius 2 is 1.95 bits per heavy atom. The fourth-order valence-electron chi connectivity index (χ4n) is 2.13. The summed E-state index contributed by atoms with van der Waals surface area (Å²) in [4.78, 5) is 12.4. The minimum absolute atomic E-state index is 0.197. The zero-order chi connectivity index (χ0) is 15.4. The topological polar surface area (TPSA) is 29.1 Å². The van der Waals surface area contributed by atoms with E-state index in [0.717, 1.165) is 17.7 Å². The molecule has 4 heteroatoms. The molecule has 0 aliphatic carbocycles. The number of hydrogen-bond acceptors (Lipinski definition) is 1. The van der Waals surface area contributed by atoms with Crippen molar-refractivity contribution in [1.82, 2.24) is 0 Å². The summed E-state index contributed by atoms with van der Waals surface area (Å²) in [6.45, 7) is 4.28. The van der Waals surface area contributed by atoms with Gasteiger partial charge in [0.2, 0.25) is 0 Å². The molecule has 0 saturated carbocycles. The molecule has 0 saturated heterocycles. The average molecular weight is 367 g/mol. The van der Waals surface area contributed by atoms with Gasteiger partial charge in [0.25, 0.3) is 5.91 Å². The maximum Gasteiger partial charge on any atom is 0.257 e. The van der Waals surface area contributed by atoms with E-state index in [9.17, 15) is 4.79 Å². The molecule has 0 fully saturated rings. The lowest BCUT2D eigenvalue weighted by Gasteiger charge is -2.16.